The average Bonchev–Trinajstić information content (AvgIpc) is 3.63. The number of piperidine rings is 1. The molecule has 5 heterocycles. The predicted octanol–water partition coefficient (Wildman–Crippen LogP) is 4.14. The van der Waals surface area contributed by atoms with Crippen molar-refractivity contribution in [2.75, 3.05) is 19.7 Å². The van der Waals surface area contributed by atoms with Gasteiger partial charge in [0.15, 0.2) is 5.82 Å². The summed E-state index contributed by atoms with van der Waals surface area (Å²) in [7, 11) is 1.91. The van der Waals surface area contributed by atoms with E-state index in [9.17, 15) is 4.79 Å². The van der Waals surface area contributed by atoms with Gasteiger partial charge in [-0.3, -0.25) is 14.2 Å². The summed E-state index contributed by atoms with van der Waals surface area (Å²) in [6.07, 6.45) is 16.0. The summed E-state index contributed by atoms with van der Waals surface area (Å²) < 4.78 is 9.52. The highest BCUT2D eigenvalue weighted by molar-refractivity contribution is 5.81. The number of nitrogens with zero attached hydrogens (tertiary/aromatic N) is 7. The lowest BCUT2D eigenvalue weighted by molar-refractivity contribution is -0.147. The Bertz CT molecular complexity index is 1360. The normalized spacial score (nSPS) is 18.7. The summed E-state index contributed by atoms with van der Waals surface area (Å²) in [5, 5.41) is 8.89. The third-order valence-electron chi connectivity index (χ3n) is 7.35. The highest BCUT2D eigenvalue weighted by Crippen LogP contribution is 2.28. The number of likely N-dealkylation sites (tertiary alicyclic amines) is 1. The Labute approximate surface area is 216 Å². The van der Waals surface area contributed by atoms with Gasteiger partial charge in [0, 0.05) is 73.8 Å². The molecule has 0 saturated carbocycles. The molecule has 1 unspecified atom stereocenters. The molecule has 0 bridgehead atoms. The van der Waals surface area contributed by atoms with E-state index in [0.717, 1.165) is 73.0 Å². The van der Waals surface area contributed by atoms with Crippen LogP contribution in [0.2, 0.25) is 0 Å². The van der Waals surface area contributed by atoms with Crippen molar-refractivity contribution in [2.45, 2.75) is 44.2 Å². The van der Waals surface area contributed by atoms with Crippen LogP contribution in [0.4, 0.5) is 0 Å². The number of hydrogen-bond donors (Lipinski definition) is 0. The molecule has 1 amide bonds. The molecule has 4 aromatic rings. The number of aromatic nitrogens is 6. The number of carbonyl (C=O) groups excluding carboxylic acids is 1. The van der Waals surface area contributed by atoms with Gasteiger partial charge in [0.1, 0.15) is 6.10 Å². The standard InChI is InChI=1S/C28H31N7O2/c1-33-18-23(16-31-33)20-5-4-6-21(13-20)27-29-14-22(15-30-27)24-17-32-35(19-24)25-8-10-34(11-9-25)28(36)26-7-2-3-12-37-26/h4-6,13-19,25-26H,2-3,7-12H2,1H3. The monoisotopic (exact) mass is 497 g/mol. The third kappa shape index (κ3) is 5.04. The molecule has 9 nitrogen and oxygen atoms in total. The van der Waals surface area contributed by atoms with Crippen molar-refractivity contribution in [3.63, 3.8) is 0 Å². The Hall–Kier alpha value is -3.85. The Balaban J connectivity index is 1.10. The van der Waals surface area contributed by atoms with Gasteiger partial charge in [-0.15, -0.1) is 0 Å². The Kier molecular flexibility index (Phi) is 6.53. The maximum atomic E-state index is 12.8. The number of ether oxygens (including phenoxy) is 1. The van der Waals surface area contributed by atoms with Gasteiger partial charge in [-0.1, -0.05) is 18.2 Å². The Morgan fingerprint density at radius 1 is 0.865 bits per heavy atom. The largest absolute Gasteiger partial charge is 0.368 e. The van der Waals surface area contributed by atoms with Crippen LogP contribution in [-0.4, -0.2) is 66.1 Å². The van der Waals surface area contributed by atoms with Crippen molar-refractivity contribution in [1.82, 2.24) is 34.4 Å². The second-order valence-electron chi connectivity index (χ2n) is 9.90. The van der Waals surface area contributed by atoms with Crippen molar-refractivity contribution >= 4 is 5.91 Å². The van der Waals surface area contributed by atoms with Gasteiger partial charge >= 0.3 is 0 Å². The van der Waals surface area contributed by atoms with Crippen LogP contribution in [0, 0.1) is 0 Å². The van der Waals surface area contributed by atoms with Crippen LogP contribution in [-0.2, 0) is 16.6 Å². The first-order valence-corrected chi connectivity index (χ1v) is 13.0. The molecule has 3 aromatic heterocycles. The fourth-order valence-corrected chi connectivity index (χ4v) is 5.21. The molecule has 6 rings (SSSR count). The van der Waals surface area contributed by atoms with E-state index >= 15 is 0 Å². The molecule has 0 N–H and O–H groups in total. The fraction of sp³-hybridized carbons (Fsp3) is 0.393. The molecule has 0 aliphatic carbocycles. The second kappa shape index (κ2) is 10.3. The number of amides is 1. The zero-order valence-electron chi connectivity index (χ0n) is 21.0. The number of rotatable bonds is 5. The average molecular weight is 498 g/mol. The summed E-state index contributed by atoms with van der Waals surface area (Å²) in [4.78, 5) is 24.0. The summed E-state index contributed by atoms with van der Waals surface area (Å²) in [6, 6.07) is 8.46. The molecule has 2 fully saturated rings. The first kappa shape index (κ1) is 23.5. The molecular weight excluding hydrogens is 466 g/mol. The molecule has 2 aliphatic rings. The predicted molar refractivity (Wildman–Crippen MR) is 139 cm³/mol. The van der Waals surface area contributed by atoms with Crippen molar-refractivity contribution in [3.8, 4) is 33.6 Å². The topological polar surface area (TPSA) is 91.0 Å². The summed E-state index contributed by atoms with van der Waals surface area (Å²) in [5.41, 5.74) is 5.03. The van der Waals surface area contributed by atoms with Crippen LogP contribution in [0.15, 0.2) is 61.4 Å². The van der Waals surface area contributed by atoms with Crippen molar-refractivity contribution in [3.05, 3.63) is 61.4 Å². The van der Waals surface area contributed by atoms with Crippen LogP contribution < -0.4 is 0 Å². The van der Waals surface area contributed by atoms with Gasteiger partial charge < -0.3 is 9.64 Å². The minimum Gasteiger partial charge on any atom is -0.368 e. The lowest BCUT2D eigenvalue weighted by Gasteiger charge is -2.35. The molecule has 2 aliphatic heterocycles. The number of benzene rings is 1. The van der Waals surface area contributed by atoms with E-state index in [1.165, 1.54) is 0 Å². The Morgan fingerprint density at radius 2 is 1.62 bits per heavy atom. The van der Waals surface area contributed by atoms with Gasteiger partial charge in [0.05, 0.1) is 18.4 Å². The SMILES string of the molecule is Cn1cc(-c2cccc(-c3ncc(-c4cnn(C5CCN(C(=O)C6CCCCO6)CC5)c4)cn3)c2)cn1. The van der Waals surface area contributed by atoms with E-state index in [1.807, 2.05) is 59.7 Å². The van der Waals surface area contributed by atoms with Crippen LogP contribution in [0.25, 0.3) is 33.6 Å². The highest BCUT2D eigenvalue weighted by Gasteiger charge is 2.30. The highest BCUT2D eigenvalue weighted by atomic mass is 16.5. The minimum atomic E-state index is -0.248. The smallest absolute Gasteiger partial charge is 0.251 e. The molecule has 1 atom stereocenters. The molecule has 0 radical (unpaired) electrons. The molecule has 37 heavy (non-hydrogen) atoms. The van der Waals surface area contributed by atoms with Crippen molar-refractivity contribution in [2.24, 2.45) is 7.05 Å². The molecule has 190 valence electrons. The molecule has 2 saturated heterocycles. The maximum absolute atomic E-state index is 12.8. The van der Waals surface area contributed by atoms with E-state index in [0.29, 0.717) is 12.4 Å². The zero-order valence-corrected chi connectivity index (χ0v) is 21.0. The van der Waals surface area contributed by atoms with Gasteiger partial charge in [-0.25, -0.2) is 9.97 Å². The minimum absolute atomic E-state index is 0.155. The molecular formula is C28H31N7O2. The number of carbonyl (C=O) groups is 1. The first-order valence-electron chi connectivity index (χ1n) is 13.0. The summed E-state index contributed by atoms with van der Waals surface area (Å²) in [6.45, 7) is 2.19. The van der Waals surface area contributed by atoms with Gasteiger partial charge in [0.25, 0.3) is 5.91 Å². The van der Waals surface area contributed by atoms with Gasteiger partial charge in [-0.2, -0.15) is 10.2 Å². The molecule has 1 aromatic carbocycles. The van der Waals surface area contributed by atoms with E-state index in [2.05, 4.69) is 38.5 Å². The summed E-state index contributed by atoms with van der Waals surface area (Å²) >= 11 is 0. The maximum Gasteiger partial charge on any atom is 0.251 e. The molecule has 0 spiro atoms. The second-order valence-corrected chi connectivity index (χ2v) is 9.90. The van der Waals surface area contributed by atoms with E-state index < -0.39 is 0 Å². The number of hydrogen-bond acceptors (Lipinski definition) is 6. The quantitative estimate of drug-likeness (QED) is 0.412. The van der Waals surface area contributed by atoms with Crippen LogP contribution in [0.1, 0.15) is 38.1 Å². The lowest BCUT2D eigenvalue weighted by atomic mass is 10.0. The summed E-state index contributed by atoms with van der Waals surface area (Å²) in [5.74, 6) is 0.836. The first-order chi connectivity index (χ1) is 18.1. The van der Waals surface area contributed by atoms with Crippen LogP contribution >= 0.6 is 0 Å². The van der Waals surface area contributed by atoms with Crippen LogP contribution in [0.5, 0.6) is 0 Å². The van der Waals surface area contributed by atoms with Gasteiger partial charge in [-0.05, 0) is 43.7 Å². The van der Waals surface area contributed by atoms with Crippen molar-refractivity contribution in [1.29, 1.82) is 0 Å². The Morgan fingerprint density at radius 3 is 2.35 bits per heavy atom. The van der Waals surface area contributed by atoms with E-state index in [4.69, 9.17) is 4.74 Å². The van der Waals surface area contributed by atoms with Gasteiger partial charge in [0.2, 0.25) is 0 Å². The fourth-order valence-electron chi connectivity index (χ4n) is 5.21. The third-order valence-corrected chi connectivity index (χ3v) is 7.35. The van der Waals surface area contributed by atoms with E-state index in [1.54, 1.807) is 4.68 Å². The van der Waals surface area contributed by atoms with Crippen LogP contribution in [0.3, 0.4) is 0 Å². The van der Waals surface area contributed by atoms with E-state index in [-0.39, 0.29) is 18.1 Å². The number of aryl methyl sites for hydroxylation is 1. The zero-order chi connectivity index (χ0) is 25.2. The lowest BCUT2D eigenvalue weighted by Crippen LogP contribution is -2.46. The molecule has 9 heteroatoms. The van der Waals surface area contributed by atoms with Crippen molar-refractivity contribution < 1.29 is 9.53 Å².